The predicted octanol–water partition coefficient (Wildman–Crippen LogP) is 2.30. The van der Waals surface area contributed by atoms with E-state index < -0.39 is 0 Å². The number of benzene rings is 1. The molecule has 76 valence electrons. The van der Waals surface area contributed by atoms with Crippen LogP contribution in [0.4, 0.5) is 0 Å². The second-order valence-electron chi connectivity index (χ2n) is 4.25. The van der Waals surface area contributed by atoms with E-state index in [4.69, 9.17) is 5.84 Å². The Morgan fingerprint density at radius 3 is 2.36 bits per heavy atom. The lowest BCUT2D eigenvalue weighted by atomic mass is 9.77. The number of hydrogen-bond donors (Lipinski definition) is 2. The molecular formula is C12H18N2. The zero-order valence-electron chi connectivity index (χ0n) is 8.66. The molecule has 2 nitrogen and oxygen atoms in total. The Balaban J connectivity index is 2.14. The summed E-state index contributed by atoms with van der Waals surface area (Å²) in [7, 11) is 0. The van der Waals surface area contributed by atoms with Crippen LogP contribution in [-0.4, -0.2) is 0 Å². The van der Waals surface area contributed by atoms with E-state index in [2.05, 4.69) is 36.6 Å². The Kier molecular flexibility index (Phi) is 2.85. The molecule has 1 aromatic carbocycles. The Hall–Kier alpha value is -0.860. The molecule has 1 aliphatic rings. The molecule has 1 atom stereocenters. The summed E-state index contributed by atoms with van der Waals surface area (Å²) in [6.45, 7) is 2.11. The quantitative estimate of drug-likeness (QED) is 0.567. The molecule has 1 aromatic rings. The van der Waals surface area contributed by atoms with Crippen LogP contribution >= 0.6 is 0 Å². The van der Waals surface area contributed by atoms with Crippen molar-refractivity contribution < 1.29 is 0 Å². The molecule has 14 heavy (non-hydrogen) atoms. The van der Waals surface area contributed by atoms with E-state index >= 15 is 0 Å². The van der Waals surface area contributed by atoms with Gasteiger partial charge in [0, 0.05) is 6.04 Å². The summed E-state index contributed by atoms with van der Waals surface area (Å²) >= 11 is 0. The van der Waals surface area contributed by atoms with E-state index in [0.717, 1.165) is 5.92 Å². The number of hydrazine groups is 1. The number of hydrogen-bond acceptors (Lipinski definition) is 2. The van der Waals surface area contributed by atoms with Crippen molar-refractivity contribution in [2.24, 2.45) is 11.8 Å². The normalized spacial score (nSPS) is 19.0. The number of nitrogens with two attached hydrogens (primary N) is 1. The van der Waals surface area contributed by atoms with Gasteiger partial charge in [0.25, 0.3) is 0 Å². The fourth-order valence-corrected chi connectivity index (χ4v) is 2.05. The minimum atomic E-state index is 0.351. The van der Waals surface area contributed by atoms with Gasteiger partial charge in [0.1, 0.15) is 0 Å². The molecule has 0 aliphatic heterocycles. The van der Waals surface area contributed by atoms with E-state index in [1.807, 2.05) is 0 Å². The highest BCUT2D eigenvalue weighted by Crippen LogP contribution is 2.37. The van der Waals surface area contributed by atoms with Gasteiger partial charge in [-0.3, -0.25) is 11.3 Å². The summed E-state index contributed by atoms with van der Waals surface area (Å²) in [5.74, 6) is 6.34. The van der Waals surface area contributed by atoms with Crippen molar-refractivity contribution in [2.45, 2.75) is 32.2 Å². The summed E-state index contributed by atoms with van der Waals surface area (Å²) in [4.78, 5) is 0. The van der Waals surface area contributed by atoms with E-state index in [1.165, 1.54) is 30.4 Å². The maximum atomic E-state index is 5.60. The zero-order chi connectivity index (χ0) is 9.97. The molecule has 1 saturated carbocycles. The van der Waals surface area contributed by atoms with Crippen LogP contribution in [0.25, 0.3) is 0 Å². The summed E-state index contributed by atoms with van der Waals surface area (Å²) in [5, 5.41) is 0. The van der Waals surface area contributed by atoms with Gasteiger partial charge in [-0.15, -0.1) is 0 Å². The first kappa shape index (κ1) is 9.69. The zero-order valence-corrected chi connectivity index (χ0v) is 8.66. The molecule has 0 saturated heterocycles. The van der Waals surface area contributed by atoms with Crippen molar-refractivity contribution in [1.29, 1.82) is 0 Å². The molecule has 0 spiro atoms. The van der Waals surface area contributed by atoms with Crippen LogP contribution in [0.5, 0.6) is 0 Å². The van der Waals surface area contributed by atoms with E-state index in [1.54, 1.807) is 0 Å². The van der Waals surface area contributed by atoms with Gasteiger partial charge in [0.15, 0.2) is 0 Å². The molecular weight excluding hydrogens is 172 g/mol. The molecule has 1 aliphatic carbocycles. The van der Waals surface area contributed by atoms with Gasteiger partial charge in [0.05, 0.1) is 0 Å². The molecule has 0 heterocycles. The minimum absolute atomic E-state index is 0.351. The molecule has 2 heteroatoms. The van der Waals surface area contributed by atoms with Crippen LogP contribution in [-0.2, 0) is 0 Å². The van der Waals surface area contributed by atoms with Crippen LogP contribution in [0.2, 0.25) is 0 Å². The van der Waals surface area contributed by atoms with Crippen molar-refractivity contribution in [1.82, 2.24) is 5.43 Å². The van der Waals surface area contributed by atoms with Gasteiger partial charge in [-0.1, -0.05) is 36.2 Å². The topological polar surface area (TPSA) is 38.0 Å². The van der Waals surface area contributed by atoms with Gasteiger partial charge in [-0.2, -0.15) is 0 Å². The standard InChI is InChI=1S/C12H18N2/c1-9-5-7-11(8-6-9)12(14-13)10-3-2-4-10/h5-8,10,12,14H,2-4,13H2,1H3. The molecule has 0 radical (unpaired) electrons. The summed E-state index contributed by atoms with van der Waals surface area (Å²) in [5.41, 5.74) is 5.57. The summed E-state index contributed by atoms with van der Waals surface area (Å²) in [6.07, 6.45) is 3.97. The third-order valence-corrected chi connectivity index (χ3v) is 3.24. The van der Waals surface area contributed by atoms with E-state index in [9.17, 15) is 0 Å². The smallest absolute Gasteiger partial charge is 0.0488 e. The highest BCUT2D eigenvalue weighted by Gasteiger charge is 2.27. The predicted molar refractivity (Wildman–Crippen MR) is 58.6 cm³/mol. The summed E-state index contributed by atoms with van der Waals surface area (Å²) in [6, 6.07) is 9.01. The molecule has 1 unspecified atom stereocenters. The first-order valence-corrected chi connectivity index (χ1v) is 5.34. The first-order chi connectivity index (χ1) is 6.81. The Morgan fingerprint density at radius 2 is 1.93 bits per heavy atom. The van der Waals surface area contributed by atoms with E-state index in [-0.39, 0.29) is 0 Å². The Morgan fingerprint density at radius 1 is 1.29 bits per heavy atom. The van der Waals surface area contributed by atoms with Gasteiger partial charge >= 0.3 is 0 Å². The highest BCUT2D eigenvalue weighted by molar-refractivity contribution is 5.24. The minimum Gasteiger partial charge on any atom is -0.271 e. The second kappa shape index (κ2) is 4.11. The van der Waals surface area contributed by atoms with Gasteiger partial charge in [-0.25, -0.2) is 0 Å². The number of aryl methyl sites for hydroxylation is 1. The van der Waals surface area contributed by atoms with Crippen LogP contribution in [0.3, 0.4) is 0 Å². The highest BCUT2D eigenvalue weighted by atomic mass is 15.2. The van der Waals surface area contributed by atoms with E-state index in [0.29, 0.717) is 6.04 Å². The SMILES string of the molecule is Cc1ccc(C(NN)C2CCC2)cc1. The van der Waals surface area contributed by atoms with Crippen LogP contribution < -0.4 is 11.3 Å². The fourth-order valence-electron chi connectivity index (χ4n) is 2.05. The van der Waals surface area contributed by atoms with Crippen molar-refractivity contribution >= 4 is 0 Å². The average Bonchev–Trinajstić information content (AvgIpc) is 2.13. The van der Waals surface area contributed by atoms with Crippen molar-refractivity contribution in [2.75, 3.05) is 0 Å². The lowest BCUT2D eigenvalue weighted by molar-refractivity contribution is 0.232. The molecule has 3 N–H and O–H groups in total. The van der Waals surface area contributed by atoms with Crippen LogP contribution in [0.15, 0.2) is 24.3 Å². The van der Waals surface area contributed by atoms with Crippen LogP contribution in [0, 0.1) is 12.8 Å². The number of rotatable bonds is 3. The second-order valence-corrected chi connectivity index (χ2v) is 4.25. The average molecular weight is 190 g/mol. The lowest BCUT2D eigenvalue weighted by Crippen LogP contribution is -2.36. The third-order valence-electron chi connectivity index (χ3n) is 3.24. The fraction of sp³-hybridized carbons (Fsp3) is 0.500. The molecule has 2 rings (SSSR count). The third kappa shape index (κ3) is 1.81. The van der Waals surface area contributed by atoms with Crippen molar-refractivity contribution in [3.63, 3.8) is 0 Å². The summed E-state index contributed by atoms with van der Waals surface area (Å²) < 4.78 is 0. The molecule has 0 aromatic heterocycles. The van der Waals surface area contributed by atoms with Gasteiger partial charge in [-0.05, 0) is 31.2 Å². The monoisotopic (exact) mass is 190 g/mol. The van der Waals surface area contributed by atoms with Crippen LogP contribution in [0.1, 0.15) is 36.4 Å². The molecule has 1 fully saturated rings. The van der Waals surface area contributed by atoms with Gasteiger partial charge < -0.3 is 0 Å². The first-order valence-electron chi connectivity index (χ1n) is 5.34. The molecule has 0 bridgehead atoms. The Bertz CT molecular complexity index is 288. The van der Waals surface area contributed by atoms with Crippen molar-refractivity contribution in [3.8, 4) is 0 Å². The lowest BCUT2D eigenvalue weighted by Gasteiger charge is -2.33. The van der Waals surface area contributed by atoms with Crippen molar-refractivity contribution in [3.05, 3.63) is 35.4 Å². The Labute approximate surface area is 85.5 Å². The molecule has 0 amide bonds. The maximum Gasteiger partial charge on any atom is 0.0488 e. The van der Waals surface area contributed by atoms with Gasteiger partial charge in [0.2, 0.25) is 0 Å². The largest absolute Gasteiger partial charge is 0.271 e. The maximum absolute atomic E-state index is 5.60. The number of nitrogens with one attached hydrogen (secondary N) is 1.